The van der Waals surface area contributed by atoms with Gasteiger partial charge in [-0.05, 0) is 59.6 Å². The molecule has 0 bridgehead atoms. The largest absolute Gasteiger partial charge is 0.276 e. The van der Waals surface area contributed by atoms with Gasteiger partial charge in [0.15, 0.2) is 5.15 Å². The topological polar surface area (TPSA) is 72.0 Å². The molecule has 0 aliphatic rings. The first-order chi connectivity index (χ1) is 12.9. The van der Waals surface area contributed by atoms with Gasteiger partial charge in [-0.25, -0.2) is 17.8 Å². The number of aromatic nitrogens is 2. The Hall–Kier alpha value is -2.55. The molecule has 0 aliphatic carbocycles. The van der Waals surface area contributed by atoms with Crippen molar-refractivity contribution < 1.29 is 12.8 Å². The molecule has 0 fully saturated rings. The molecular formula is C18H11ClFN3O2S2. The Morgan fingerprint density at radius 1 is 1.00 bits per heavy atom. The second-order valence-electron chi connectivity index (χ2n) is 5.70. The Morgan fingerprint density at radius 3 is 2.56 bits per heavy atom. The quantitative estimate of drug-likeness (QED) is 0.475. The first-order valence-corrected chi connectivity index (χ1v) is 10.3. The number of fused-ring (bicyclic) bond motifs is 1. The third kappa shape index (κ3) is 3.64. The minimum absolute atomic E-state index is 0.0164. The summed E-state index contributed by atoms with van der Waals surface area (Å²) in [6.45, 7) is 0. The Bertz CT molecular complexity index is 1240. The highest BCUT2D eigenvalue weighted by molar-refractivity contribution is 7.92. The van der Waals surface area contributed by atoms with Gasteiger partial charge >= 0.3 is 0 Å². The molecule has 0 unspecified atom stereocenters. The van der Waals surface area contributed by atoms with Gasteiger partial charge < -0.3 is 0 Å². The summed E-state index contributed by atoms with van der Waals surface area (Å²) in [4.78, 5) is 4.01. The third-order valence-electron chi connectivity index (χ3n) is 3.89. The lowest BCUT2D eigenvalue weighted by Gasteiger charge is -2.11. The van der Waals surface area contributed by atoms with Crippen molar-refractivity contribution >= 4 is 48.9 Å². The van der Waals surface area contributed by atoms with Crippen molar-refractivity contribution in [1.82, 2.24) is 9.36 Å². The molecule has 0 radical (unpaired) electrons. The number of sulfonamides is 1. The minimum Gasteiger partial charge on any atom is -0.276 e. The second-order valence-corrected chi connectivity index (χ2v) is 8.57. The van der Waals surface area contributed by atoms with Crippen molar-refractivity contribution in [3.05, 3.63) is 71.9 Å². The number of nitrogens with zero attached hydrogens (tertiary/aromatic N) is 2. The van der Waals surface area contributed by atoms with E-state index in [2.05, 4.69) is 14.1 Å². The summed E-state index contributed by atoms with van der Waals surface area (Å²) in [5, 5.41) is 1.00. The molecule has 0 saturated carbocycles. The highest BCUT2D eigenvalue weighted by Gasteiger charge is 2.17. The van der Waals surface area contributed by atoms with E-state index in [1.54, 1.807) is 18.5 Å². The maximum Gasteiger partial charge on any atom is 0.261 e. The number of halogens is 2. The van der Waals surface area contributed by atoms with Gasteiger partial charge in [0.1, 0.15) is 5.82 Å². The van der Waals surface area contributed by atoms with E-state index in [-0.39, 0.29) is 15.7 Å². The van der Waals surface area contributed by atoms with E-state index >= 15 is 0 Å². The van der Waals surface area contributed by atoms with Crippen LogP contribution in [0, 0.1) is 5.82 Å². The maximum absolute atomic E-state index is 13.0. The van der Waals surface area contributed by atoms with Gasteiger partial charge in [0.05, 0.1) is 15.3 Å². The number of anilines is 1. The van der Waals surface area contributed by atoms with E-state index in [1.807, 2.05) is 18.2 Å². The van der Waals surface area contributed by atoms with E-state index in [0.29, 0.717) is 5.56 Å². The standard InChI is InChI=1S/C18H11ClFN3O2S2/c19-18-16(23-27(24,25)15-4-2-14(20)3-5-15)8-12(9-21-18)11-1-6-17-13(7-11)10-22-26-17/h1-10,23H. The Morgan fingerprint density at radius 2 is 1.78 bits per heavy atom. The highest BCUT2D eigenvalue weighted by atomic mass is 35.5. The predicted octanol–water partition coefficient (Wildman–Crippen LogP) is 4.95. The molecule has 9 heteroatoms. The van der Waals surface area contributed by atoms with Gasteiger partial charge in [-0.1, -0.05) is 17.7 Å². The van der Waals surface area contributed by atoms with E-state index < -0.39 is 15.8 Å². The smallest absolute Gasteiger partial charge is 0.261 e. The van der Waals surface area contributed by atoms with Gasteiger partial charge in [-0.15, -0.1) is 0 Å². The molecule has 0 atom stereocenters. The third-order valence-corrected chi connectivity index (χ3v) is 6.36. The van der Waals surface area contributed by atoms with Crippen LogP contribution in [0.2, 0.25) is 5.15 Å². The summed E-state index contributed by atoms with van der Waals surface area (Å²) in [6, 6.07) is 11.9. The number of benzene rings is 2. The van der Waals surface area contributed by atoms with Crippen LogP contribution in [0.5, 0.6) is 0 Å². The monoisotopic (exact) mass is 419 g/mol. The molecule has 4 aromatic rings. The number of rotatable bonds is 4. The minimum atomic E-state index is -3.93. The summed E-state index contributed by atoms with van der Waals surface area (Å²) in [6.07, 6.45) is 3.34. The number of pyridine rings is 1. The molecule has 4 rings (SSSR count). The van der Waals surface area contributed by atoms with Gasteiger partial charge in [-0.2, -0.15) is 4.37 Å². The normalized spacial score (nSPS) is 11.6. The summed E-state index contributed by atoms with van der Waals surface area (Å²) >= 11 is 7.47. The van der Waals surface area contributed by atoms with E-state index in [1.165, 1.54) is 23.7 Å². The van der Waals surface area contributed by atoms with Crippen molar-refractivity contribution in [2.24, 2.45) is 0 Å². The van der Waals surface area contributed by atoms with Crippen LogP contribution in [0.3, 0.4) is 0 Å². The predicted molar refractivity (Wildman–Crippen MR) is 105 cm³/mol. The molecule has 0 amide bonds. The SMILES string of the molecule is O=S(=O)(Nc1cc(-c2ccc3sncc3c2)cnc1Cl)c1ccc(F)cc1. The molecule has 136 valence electrons. The van der Waals surface area contributed by atoms with Gasteiger partial charge in [-0.3, -0.25) is 4.72 Å². The Kier molecular flexibility index (Phi) is 4.55. The highest BCUT2D eigenvalue weighted by Crippen LogP contribution is 2.31. The summed E-state index contributed by atoms with van der Waals surface area (Å²) < 4.78 is 45.7. The lowest BCUT2D eigenvalue weighted by molar-refractivity contribution is 0.599. The van der Waals surface area contributed by atoms with Crippen LogP contribution in [0.15, 0.2) is 65.8 Å². The van der Waals surface area contributed by atoms with Crippen LogP contribution in [-0.4, -0.2) is 17.8 Å². The van der Waals surface area contributed by atoms with Crippen LogP contribution in [0.1, 0.15) is 0 Å². The first-order valence-electron chi connectivity index (χ1n) is 7.71. The fourth-order valence-corrected chi connectivity index (χ4v) is 4.44. The molecule has 2 heterocycles. The van der Waals surface area contributed by atoms with Gasteiger partial charge in [0, 0.05) is 23.3 Å². The molecule has 1 N–H and O–H groups in total. The Labute approximate surface area is 163 Å². The molecule has 2 aromatic carbocycles. The molecule has 0 saturated heterocycles. The van der Waals surface area contributed by atoms with Crippen LogP contribution >= 0.6 is 23.1 Å². The number of hydrogen-bond donors (Lipinski definition) is 1. The van der Waals surface area contributed by atoms with Gasteiger partial charge in [0.25, 0.3) is 10.0 Å². The summed E-state index contributed by atoms with van der Waals surface area (Å²) in [5.74, 6) is -0.519. The van der Waals surface area contributed by atoms with Crippen LogP contribution in [0.4, 0.5) is 10.1 Å². The fraction of sp³-hybridized carbons (Fsp3) is 0. The van der Waals surface area contributed by atoms with Crippen LogP contribution in [-0.2, 0) is 10.0 Å². The zero-order chi connectivity index (χ0) is 19.0. The molecule has 0 spiro atoms. The fourth-order valence-electron chi connectivity index (χ4n) is 2.55. The second kappa shape index (κ2) is 6.88. The molecule has 5 nitrogen and oxygen atoms in total. The van der Waals surface area contributed by atoms with Crippen molar-refractivity contribution in [2.45, 2.75) is 4.90 Å². The van der Waals surface area contributed by atoms with Crippen LogP contribution < -0.4 is 4.72 Å². The van der Waals surface area contributed by atoms with Crippen molar-refractivity contribution in [1.29, 1.82) is 0 Å². The van der Waals surface area contributed by atoms with E-state index in [9.17, 15) is 12.8 Å². The van der Waals surface area contributed by atoms with Crippen LogP contribution in [0.25, 0.3) is 21.2 Å². The van der Waals surface area contributed by atoms with E-state index in [0.717, 1.165) is 27.8 Å². The van der Waals surface area contributed by atoms with E-state index in [4.69, 9.17) is 11.6 Å². The number of nitrogens with one attached hydrogen (secondary N) is 1. The summed E-state index contributed by atoms with van der Waals surface area (Å²) in [7, 11) is -3.93. The lowest BCUT2D eigenvalue weighted by Crippen LogP contribution is -2.13. The number of hydrogen-bond acceptors (Lipinski definition) is 5. The first kappa shape index (κ1) is 17.8. The molecular weight excluding hydrogens is 409 g/mol. The zero-order valence-corrected chi connectivity index (χ0v) is 15.9. The molecule has 0 aliphatic heterocycles. The molecule has 2 aromatic heterocycles. The maximum atomic E-state index is 13.0. The van der Waals surface area contributed by atoms with Crippen molar-refractivity contribution in [3.63, 3.8) is 0 Å². The van der Waals surface area contributed by atoms with Crippen molar-refractivity contribution in [2.75, 3.05) is 4.72 Å². The zero-order valence-electron chi connectivity index (χ0n) is 13.6. The average Bonchev–Trinajstić information content (AvgIpc) is 3.11. The summed E-state index contributed by atoms with van der Waals surface area (Å²) in [5.41, 5.74) is 1.69. The van der Waals surface area contributed by atoms with Crippen molar-refractivity contribution in [3.8, 4) is 11.1 Å². The Balaban J connectivity index is 1.71. The lowest BCUT2D eigenvalue weighted by atomic mass is 10.1. The van der Waals surface area contributed by atoms with Gasteiger partial charge in [0.2, 0.25) is 0 Å². The molecule has 27 heavy (non-hydrogen) atoms. The average molecular weight is 420 g/mol.